The molecule has 0 N–H and O–H groups in total. The molecular weight excluding hydrogens is 200 g/mol. The molecule has 0 spiro atoms. The minimum absolute atomic E-state index is 0.547. The number of hydrogen-bond donors (Lipinski definition) is 0. The minimum atomic E-state index is -0.547. The summed E-state index contributed by atoms with van der Waals surface area (Å²) in [4.78, 5) is 1.76. The molecule has 0 radical (unpaired) electrons. The van der Waals surface area contributed by atoms with Gasteiger partial charge in [-0.05, 0) is 12.8 Å². The number of methoxy groups -OCH3 is 1. The number of likely N-dealkylation sites (tertiary alicyclic amines) is 1. The highest BCUT2D eigenvalue weighted by molar-refractivity contribution is 5.23. The number of nitrogens with zero attached hydrogens (tertiary/aromatic N) is 2. The lowest BCUT2D eigenvalue weighted by atomic mass is 9.91. The van der Waals surface area contributed by atoms with Gasteiger partial charge in [0, 0.05) is 25.6 Å². The van der Waals surface area contributed by atoms with E-state index in [-0.39, 0.29) is 0 Å². The summed E-state index contributed by atoms with van der Waals surface area (Å²) in [5, 5.41) is 9.22. The van der Waals surface area contributed by atoms with Crippen molar-refractivity contribution in [3.63, 3.8) is 0 Å². The zero-order valence-electron chi connectivity index (χ0n) is 9.52. The van der Waals surface area contributed by atoms with Crippen LogP contribution in [0.2, 0.25) is 0 Å². The van der Waals surface area contributed by atoms with E-state index in [2.05, 4.69) is 6.19 Å². The van der Waals surface area contributed by atoms with Gasteiger partial charge in [0.1, 0.15) is 0 Å². The summed E-state index contributed by atoms with van der Waals surface area (Å²) in [6.07, 6.45) is 5.29. The lowest BCUT2D eigenvalue weighted by molar-refractivity contribution is -0.138. The normalized spacial score (nSPS) is 25.1. The monoisotopic (exact) mass is 216 g/mol. The zero-order chi connectivity index (χ0) is 11.4. The molecule has 1 aliphatic heterocycles. The van der Waals surface area contributed by atoms with Crippen LogP contribution in [-0.4, -0.2) is 18.6 Å². The van der Waals surface area contributed by atoms with Crippen molar-refractivity contribution in [1.82, 2.24) is 4.90 Å². The van der Waals surface area contributed by atoms with Gasteiger partial charge >= 0.3 is 0 Å². The van der Waals surface area contributed by atoms with Crippen LogP contribution in [0.3, 0.4) is 0 Å². The first kappa shape index (κ1) is 11.0. The lowest BCUT2D eigenvalue weighted by Gasteiger charge is -2.43. The van der Waals surface area contributed by atoms with E-state index >= 15 is 0 Å². The van der Waals surface area contributed by atoms with E-state index in [1.807, 2.05) is 30.3 Å². The van der Waals surface area contributed by atoms with Gasteiger partial charge in [-0.1, -0.05) is 30.3 Å². The van der Waals surface area contributed by atoms with Crippen molar-refractivity contribution in [3.8, 4) is 6.19 Å². The molecule has 3 nitrogen and oxygen atoms in total. The molecule has 0 saturated carbocycles. The molecule has 1 aromatic carbocycles. The van der Waals surface area contributed by atoms with Gasteiger partial charge in [0.15, 0.2) is 11.9 Å². The first-order chi connectivity index (χ1) is 7.83. The summed E-state index contributed by atoms with van der Waals surface area (Å²) in [5.41, 5.74) is 0.521. The molecule has 1 fully saturated rings. The molecule has 1 saturated heterocycles. The van der Waals surface area contributed by atoms with E-state index in [1.54, 1.807) is 12.0 Å². The summed E-state index contributed by atoms with van der Waals surface area (Å²) in [6.45, 7) is 0.777. The first-order valence-electron chi connectivity index (χ1n) is 5.61. The summed E-state index contributed by atoms with van der Waals surface area (Å²) >= 11 is 0. The molecule has 1 aromatic rings. The molecule has 1 unspecified atom stereocenters. The number of benzene rings is 1. The van der Waals surface area contributed by atoms with Gasteiger partial charge in [-0.25, -0.2) is 0 Å². The molecule has 1 atom stereocenters. The second-order valence-electron chi connectivity index (χ2n) is 4.06. The Bertz CT molecular complexity index is 385. The quantitative estimate of drug-likeness (QED) is 0.712. The van der Waals surface area contributed by atoms with E-state index in [0.717, 1.165) is 31.4 Å². The smallest absolute Gasteiger partial charge is 0.182 e. The molecule has 1 heterocycles. The first-order valence-corrected chi connectivity index (χ1v) is 5.61. The third-order valence-corrected chi connectivity index (χ3v) is 3.27. The fourth-order valence-corrected chi connectivity index (χ4v) is 2.41. The maximum absolute atomic E-state index is 9.22. The number of nitriles is 1. The molecule has 0 amide bonds. The predicted molar refractivity (Wildman–Crippen MR) is 61.3 cm³/mol. The highest BCUT2D eigenvalue weighted by atomic mass is 16.5. The van der Waals surface area contributed by atoms with Gasteiger partial charge in [-0.2, -0.15) is 5.26 Å². The van der Waals surface area contributed by atoms with Crippen LogP contribution in [0.25, 0.3) is 0 Å². The third-order valence-electron chi connectivity index (χ3n) is 3.27. The SMILES string of the molecule is COC1(c2ccccc2)CCCCN1C#N. The Morgan fingerprint density at radius 2 is 2.06 bits per heavy atom. The number of hydrogen-bond acceptors (Lipinski definition) is 3. The predicted octanol–water partition coefficient (Wildman–Crippen LogP) is 2.45. The van der Waals surface area contributed by atoms with Gasteiger partial charge in [0.05, 0.1) is 0 Å². The van der Waals surface area contributed by atoms with Crippen molar-refractivity contribution in [3.05, 3.63) is 35.9 Å². The van der Waals surface area contributed by atoms with E-state index in [4.69, 9.17) is 4.74 Å². The molecule has 3 heteroatoms. The fourth-order valence-electron chi connectivity index (χ4n) is 2.41. The number of ether oxygens (including phenoxy) is 1. The standard InChI is InChI=1S/C13H16N2O/c1-16-13(12-7-3-2-4-8-12)9-5-6-10-15(13)11-14/h2-4,7-8H,5-6,9-10H2,1H3. The number of piperidine rings is 1. The van der Waals surface area contributed by atoms with E-state index in [0.29, 0.717) is 0 Å². The van der Waals surface area contributed by atoms with Gasteiger partial charge in [-0.15, -0.1) is 0 Å². The largest absolute Gasteiger partial charge is 0.354 e. The summed E-state index contributed by atoms with van der Waals surface area (Å²) < 4.78 is 5.67. The molecule has 2 rings (SSSR count). The van der Waals surface area contributed by atoms with Crippen molar-refractivity contribution < 1.29 is 4.74 Å². The van der Waals surface area contributed by atoms with E-state index < -0.39 is 5.72 Å². The van der Waals surface area contributed by atoms with Crippen LogP contribution in [0, 0.1) is 11.5 Å². The van der Waals surface area contributed by atoms with Gasteiger partial charge in [-0.3, -0.25) is 4.90 Å². The van der Waals surface area contributed by atoms with Gasteiger partial charge < -0.3 is 4.74 Å². The Kier molecular flexibility index (Phi) is 3.12. The molecule has 0 bridgehead atoms. The topological polar surface area (TPSA) is 36.3 Å². The van der Waals surface area contributed by atoms with Crippen LogP contribution in [0.15, 0.2) is 30.3 Å². The summed E-state index contributed by atoms with van der Waals surface area (Å²) in [6, 6.07) is 10.0. The van der Waals surface area contributed by atoms with E-state index in [1.165, 1.54) is 0 Å². The molecule has 84 valence electrons. The molecule has 1 aliphatic rings. The Balaban J connectivity index is 2.41. The van der Waals surface area contributed by atoms with Crippen molar-refractivity contribution in [2.24, 2.45) is 0 Å². The number of rotatable bonds is 2. The van der Waals surface area contributed by atoms with Crippen LogP contribution in [0.4, 0.5) is 0 Å². The van der Waals surface area contributed by atoms with Crippen molar-refractivity contribution >= 4 is 0 Å². The Labute approximate surface area is 96.2 Å². The summed E-state index contributed by atoms with van der Waals surface area (Å²) in [7, 11) is 1.68. The second-order valence-corrected chi connectivity index (χ2v) is 4.06. The van der Waals surface area contributed by atoms with Crippen LogP contribution in [0.5, 0.6) is 0 Å². The molecule has 16 heavy (non-hydrogen) atoms. The van der Waals surface area contributed by atoms with Crippen LogP contribution < -0.4 is 0 Å². The maximum atomic E-state index is 9.22. The summed E-state index contributed by atoms with van der Waals surface area (Å²) in [5.74, 6) is 0. The van der Waals surface area contributed by atoms with E-state index in [9.17, 15) is 5.26 Å². The highest BCUT2D eigenvalue weighted by Gasteiger charge is 2.40. The average Bonchev–Trinajstić information content (AvgIpc) is 2.39. The minimum Gasteiger partial charge on any atom is -0.354 e. The highest BCUT2D eigenvalue weighted by Crippen LogP contribution is 2.37. The maximum Gasteiger partial charge on any atom is 0.182 e. The average molecular weight is 216 g/mol. The molecule has 0 aromatic heterocycles. The fraction of sp³-hybridized carbons (Fsp3) is 0.462. The lowest BCUT2D eigenvalue weighted by Crippen LogP contribution is -2.48. The Morgan fingerprint density at radius 1 is 1.31 bits per heavy atom. The van der Waals surface area contributed by atoms with Crippen molar-refractivity contribution in [2.75, 3.05) is 13.7 Å². The Morgan fingerprint density at radius 3 is 2.69 bits per heavy atom. The Hall–Kier alpha value is -1.53. The second kappa shape index (κ2) is 4.54. The van der Waals surface area contributed by atoms with Gasteiger partial charge in [0.2, 0.25) is 0 Å². The van der Waals surface area contributed by atoms with Gasteiger partial charge in [0.25, 0.3) is 0 Å². The third kappa shape index (κ3) is 1.66. The van der Waals surface area contributed by atoms with Crippen LogP contribution in [-0.2, 0) is 10.5 Å². The van der Waals surface area contributed by atoms with Crippen LogP contribution in [0.1, 0.15) is 24.8 Å². The van der Waals surface area contributed by atoms with Crippen molar-refractivity contribution in [1.29, 1.82) is 5.26 Å². The molecular formula is C13H16N2O. The van der Waals surface area contributed by atoms with Crippen molar-refractivity contribution in [2.45, 2.75) is 25.0 Å². The molecule has 0 aliphatic carbocycles. The zero-order valence-corrected chi connectivity index (χ0v) is 9.52. The van der Waals surface area contributed by atoms with Crippen LogP contribution >= 0.6 is 0 Å².